The first-order valence-corrected chi connectivity index (χ1v) is 7.21. The van der Waals surface area contributed by atoms with Crippen LogP contribution in [0.5, 0.6) is 0 Å². The zero-order chi connectivity index (χ0) is 14.0. The van der Waals surface area contributed by atoms with Crippen molar-refractivity contribution < 1.29 is 9.90 Å². The number of hydrogen-bond acceptors (Lipinski definition) is 3. The average molecular weight is 327 g/mol. The number of nitrogens with one attached hydrogen (secondary N) is 1. The van der Waals surface area contributed by atoms with Crippen molar-refractivity contribution in [2.75, 3.05) is 25.0 Å². The van der Waals surface area contributed by atoms with E-state index in [2.05, 4.69) is 51.3 Å². The molecule has 104 valence electrons. The van der Waals surface area contributed by atoms with Gasteiger partial charge in [0.2, 0.25) is 0 Å². The third kappa shape index (κ3) is 2.77. The lowest BCUT2D eigenvalue weighted by molar-refractivity contribution is -0.145. The molecule has 1 fully saturated rings. The number of nitrogens with zero attached hydrogens (tertiary/aromatic N) is 1. The minimum absolute atomic E-state index is 0.610. The first-order valence-electron chi connectivity index (χ1n) is 6.42. The van der Waals surface area contributed by atoms with Gasteiger partial charge in [-0.05, 0) is 60.4 Å². The number of carbonyl (C=O) groups is 1. The summed E-state index contributed by atoms with van der Waals surface area (Å²) >= 11 is 3.58. The number of carboxylic acid groups (broad SMARTS) is 1. The van der Waals surface area contributed by atoms with Gasteiger partial charge < -0.3 is 15.3 Å². The van der Waals surface area contributed by atoms with Crippen molar-refractivity contribution in [2.24, 2.45) is 0 Å². The molecule has 1 aromatic rings. The van der Waals surface area contributed by atoms with Gasteiger partial charge in [0, 0.05) is 17.6 Å². The molecule has 0 atom stereocenters. The van der Waals surface area contributed by atoms with Crippen LogP contribution in [0.2, 0.25) is 0 Å². The average Bonchev–Trinajstić information content (AvgIpc) is 2.39. The molecule has 0 unspecified atom stereocenters. The number of aryl methyl sites for hydroxylation is 1. The maximum atomic E-state index is 11.4. The number of anilines is 1. The smallest absolute Gasteiger partial charge is 0.324 e. The Morgan fingerprint density at radius 1 is 1.42 bits per heavy atom. The summed E-state index contributed by atoms with van der Waals surface area (Å²) in [4.78, 5) is 13.6. The van der Waals surface area contributed by atoms with Crippen LogP contribution >= 0.6 is 15.9 Å². The second-order valence-corrected chi connectivity index (χ2v) is 5.93. The normalized spacial score (nSPS) is 18.4. The standard InChI is InChI=1S/C14H19BrN2O2/c1-10-3-4-12(11(15)9-10)17-7-5-14(16-2,6-8-17)13(18)19/h3-4,9,16H,5-8H2,1-2H3,(H,18,19). The Morgan fingerprint density at radius 2 is 2.05 bits per heavy atom. The largest absolute Gasteiger partial charge is 0.480 e. The first kappa shape index (κ1) is 14.3. The van der Waals surface area contributed by atoms with E-state index in [-0.39, 0.29) is 0 Å². The van der Waals surface area contributed by atoms with E-state index in [0.29, 0.717) is 12.8 Å². The van der Waals surface area contributed by atoms with Gasteiger partial charge in [-0.15, -0.1) is 0 Å². The van der Waals surface area contributed by atoms with Gasteiger partial charge in [-0.2, -0.15) is 0 Å². The summed E-state index contributed by atoms with van der Waals surface area (Å²) in [5.74, 6) is -0.752. The zero-order valence-corrected chi connectivity index (χ0v) is 12.8. The Labute approximate surface area is 121 Å². The summed E-state index contributed by atoms with van der Waals surface area (Å²) in [7, 11) is 1.73. The number of likely N-dealkylation sites (N-methyl/N-ethyl adjacent to an activating group) is 1. The predicted molar refractivity (Wildman–Crippen MR) is 79.8 cm³/mol. The van der Waals surface area contributed by atoms with Crippen LogP contribution in [0.25, 0.3) is 0 Å². The molecule has 19 heavy (non-hydrogen) atoms. The molecule has 2 N–H and O–H groups in total. The van der Waals surface area contributed by atoms with Gasteiger partial charge in [0.05, 0.1) is 5.69 Å². The van der Waals surface area contributed by atoms with Gasteiger partial charge in [0.15, 0.2) is 0 Å². The number of rotatable bonds is 3. The maximum absolute atomic E-state index is 11.4. The monoisotopic (exact) mass is 326 g/mol. The minimum atomic E-state index is -0.770. The van der Waals surface area contributed by atoms with Gasteiger partial charge >= 0.3 is 5.97 Å². The van der Waals surface area contributed by atoms with Crippen LogP contribution in [-0.4, -0.2) is 36.8 Å². The van der Waals surface area contributed by atoms with Crippen molar-refractivity contribution in [2.45, 2.75) is 25.3 Å². The molecular formula is C14H19BrN2O2. The third-order valence-corrected chi connectivity index (χ3v) is 4.58. The fourth-order valence-electron chi connectivity index (χ4n) is 2.57. The second-order valence-electron chi connectivity index (χ2n) is 5.08. The third-order valence-electron chi connectivity index (χ3n) is 3.95. The summed E-state index contributed by atoms with van der Waals surface area (Å²) in [5.41, 5.74) is 1.58. The van der Waals surface area contributed by atoms with Gasteiger partial charge in [-0.1, -0.05) is 6.07 Å². The predicted octanol–water partition coefficient (Wildman–Crippen LogP) is 2.40. The van der Waals surface area contributed by atoms with Crippen molar-refractivity contribution in [1.29, 1.82) is 0 Å². The van der Waals surface area contributed by atoms with E-state index >= 15 is 0 Å². The minimum Gasteiger partial charge on any atom is -0.480 e. The number of aliphatic carboxylic acids is 1. The van der Waals surface area contributed by atoms with Crippen LogP contribution in [0.1, 0.15) is 18.4 Å². The van der Waals surface area contributed by atoms with E-state index in [1.807, 2.05) is 0 Å². The van der Waals surface area contributed by atoms with Crippen molar-refractivity contribution in [3.05, 3.63) is 28.2 Å². The van der Waals surface area contributed by atoms with Gasteiger partial charge in [0.25, 0.3) is 0 Å². The topological polar surface area (TPSA) is 52.6 Å². The van der Waals surface area contributed by atoms with E-state index in [9.17, 15) is 9.90 Å². The summed E-state index contributed by atoms with van der Waals surface area (Å²) in [6, 6.07) is 6.26. The summed E-state index contributed by atoms with van der Waals surface area (Å²) in [5, 5.41) is 12.3. The Bertz CT molecular complexity index is 482. The molecule has 0 aliphatic carbocycles. The van der Waals surface area contributed by atoms with Crippen LogP contribution in [0.3, 0.4) is 0 Å². The number of hydrogen-bond donors (Lipinski definition) is 2. The zero-order valence-electron chi connectivity index (χ0n) is 11.2. The summed E-state index contributed by atoms with van der Waals surface area (Å²) in [6.45, 7) is 3.55. The van der Waals surface area contributed by atoms with Crippen LogP contribution in [0.15, 0.2) is 22.7 Å². The number of carboxylic acids is 1. The maximum Gasteiger partial charge on any atom is 0.324 e. The van der Waals surface area contributed by atoms with Crippen LogP contribution < -0.4 is 10.2 Å². The lowest BCUT2D eigenvalue weighted by Gasteiger charge is -2.40. The van der Waals surface area contributed by atoms with E-state index in [0.717, 1.165) is 23.2 Å². The molecule has 1 heterocycles. The highest BCUT2D eigenvalue weighted by molar-refractivity contribution is 9.10. The summed E-state index contributed by atoms with van der Waals surface area (Å²) < 4.78 is 1.07. The van der Waals surface area contributed by atoms with Crippen molar-refractivity contribution in [3.63, 3.8) is 0 Å². The molecule has 0 aromatic heterocycles. The van der Waals surface area contributed by atoms with Crippen LogP contribution in [0.4, 0.5) is 5.69 Å². The second kappa shape index (κ2) is 5.51. The molecule has 4 nitrogen and oxygen atoms in total. The molecule has 1 aromatic carbocycles. The highest BCUT2D eigenvalue weighted by Crippen LogP contribution is 2.32. The van der Waals surface area contributed by atoms with Crippen molar-refractivity contribution in [1.82, 2.24) is 5.32 Å². The van der Waals surface area contributed by atoms with Crippen molar-refractivity contribution in [3.8, 4) is 0 Å². The van der Waals surface area contributed by atoms with E-state index < -0.39 is 11.5 Å². The van der Waals surface area contributed by atoms with E-state index in [4.69, 9.17) is 0 Å². The number of halogens is 1. The van der Waals surface area contributed by atoms with Gasteiger partial charge in [-0.3, -0.25) is 4.79 Å². The molecule has 0 saturated carbocycles. The van der Waals surface area contributed by atoms with E-state index in [1.165, 1.54) is 5.56 Å². The first-order chi connectivity index (χ1) is 8.98. The lowest BCUT2D eigenvalue weighted by atomic mass is 9.87. The quantitative estimate of drug-likeness (QED) is 0.895. The SMILES string of the molecule is CNC1(C(=O)O)CCN(c2ccc(C)cc2Br)CC1. The molecule has 0 bridgehead atoms. The van der Waals surface area contributed by atoms with Gasteiger partial charge in [-0.25, -0.2) is 0 Å². The van der Waals surface area contributed by atoms with Crippen molar-refractivity contribution >= 4 is 27.6 Å². The Balaban J connectivity index is 2.13. The Morgan fingerprint density at radius 3 is 2.53 bits per heavy atom. The lowest BCUT2D eigenvalue weighted by Crippen LogP contribution is -2.57. The fourth-order valence-corrected chi connectivity index (χ4v) is 3.31. The number of benzene rings is 1. The number of piperidine rings is 1. The highest BCUT2D eigenvalue weighted by atomic mass is 79.9. The fraction of sp³-hybridized carbons (Fsp3) is 0.500. The van der Waals surface area contributed by atoms with E-state index in [1.54, 1.807) is 7.05 Å². The Kier molecular flexibility index (Phi) is 4.16. The highest BCUT2D eigenvalue weighted by Gasteiger charge is 2.40. The summed E-state index contributed by atoms with van der Waals surface area (Å²) in [6.07, 6.45) is 1.22. The molecule has 2 rings (SSSR count). The molecular weight excluding hydrogens is 308 g/mol. The molecule has 1 aliphatic rings. The van der Waals surface area contributed by atoms with Gasteiger partial charge in [0.1, 0.15) is 5.54 Å². The molecule has 1 aliphatic heterocycles. The Hall–Kier alpha value is -1.07. The van der Waals surface area contributed by atoms with Crippen LogP contribution in [-0.2, 0) is 4.79 Å². The van der Waals surface area contributed by atoms with Crippen LogP contribution in [0, 0.1) is 6.92 Å². The molecule has 0 amide bonds. The molecule has 5 heteroatoms. The molecule has 0 spiro atoms. The molecule has 0 radical (unpaired) electrons. The molecule has 1 saturated heterocycles.